The summed E-state index contributed by atoms with van der Waals surface area (Å²) in [5.74, 6) is 6.10. The van der Waals surface area contributed by atoms with Crippen molar-refractivity contribution in [2.45, 2.75) is 26.3 Å². The summed E-state index contributed by atoms with van der Waals surface area (Å²) in [6, 6.07) is 9.00. The highest BCUT2D eigenvalue weighted by Gasteiger charge is 2.08. The molecule has 0 heterocycles. The summed E-state index contributed by atoms with van der Waals surface area (Å²) in [6.07, 6.45) is 0.867. The summed E-state index contributed by atoms with van der Waals surface area (Å²) in [7, 11) is 4.11. The zero-order valence-corrected chi connectivity index (χ0v) is 11.2. The molecule has 0 saturated carbocycles. The molecule has 1 rings (SSSR count). The van der Waals surface area contributed by atoms with E-state index in [0.29, 0.717) is 6.04 Å². The summed E-state index contributed by atoms with van der Waals surface area (Å²) in [4.78, 5) is 2.11. The van der Waals surface area contributed by atoms with E-state index in [-0.39, 0.29) is 0 Å². The minimum atomic E-state index is 0.337. The number of rotatable bonds is 5. The monoisotopic (exact) mass is 230 g/mol. The summed E-state index contributed by atoms with van der Waals surface area (Å²) in [5.41, 5.74) is 2.53. The Balaban J connectivity index is 2.81. The SMILES string of the molecule is CC#CCC(NCC)c1ccc(N(C)C)cc1. The van der Waals surface area contributed by atoms with Crippen molar-refractivity contribution >= 4 is 5.69 Å². The number of hydrogen-bond acceptors (Lipinski definition) is 2. The smallest absolute Gasteiger partial charge is 0.0430 e. The van der Waals surface area contributed by atoms with Gasteiger partial charge in [0.15, 0.2) is 0 Å². The molecule has 1 atom stereocenters. The Morgan fingerprint density at radius 3 is 2.35 bits per heavy atom. The molecule has 0 spiro atoms. The molecule has 2 heteroatoms. The topological polar surface area (TPSA) is 15.3 Å². The predicted molar refractivity (Wildman–Crippen MR) is 75.3 cm³/mol. The molecule has 17 heavy (non-hydrogen) atoms. The van der Waals surface area contributed by atoms with Crippen LogP contribution in [0, 0.1) is 11.8 Å². The van der Waals surface area contributed by atoms with Crippen LogP contribution in [0.3, 0.4) is 0 Å². The summed E-state index contributed by atoms with van der Waals surface area (Å²) in [5, 5.41) is 3.47. The van der Waals surface area contributed by atoms with Crippen LogP contribution in [0.2, 0.25) is 0 Å². The minimum absolute atomic E-state index is 0.337. The Kier molecular flexibility index (Phi) is 5.59. The molecule has 0 aliphatic heterocycles. The van der Waals surface area contributed by atoms with Gasteiger partial charge in [-0.3, -0.25) is 0 Å². The zero-order chi connectivity index (χ0) is 12.7. The van der Waals surface area contributed by atoms with Gasteiger partial charge in [0.1, 0.15) is 0 Å². The Morgan fingerprint density at radius 1 is 1.24 bits per heavy atom. The average Bonchev–Trinajstić information content (AvgIpc) is 2.34. The Bertz CT molecular complexity index is 382. The highest BCUT2D eigenvalue weighted by molar-refractivity contribution is 5.46. The van der Waals surface area contributed by atoms with E-state index in [1.54, 1.807) is 0 Å². The average molecular weight is 230 g/mol. The second-order valence-electron chi connectivity index (χ2n) is 4.23. The molecule has 1 aromatic carbocycles. The first kappa shape index (κ1) is 13.6. The van der Waals surface area contributed by atoms with E-state index in [4.69, 9.17) is 0 Å². The van der Waals surface area contributed by atoms with Crippen molar-refractivity contribution in [2.75, 3.05) is 25.5 Å². The first-order valence-electron chi connectivity index (χ1n) is 6.09. The van der Waals surface area contributed by atoms with Crippen molar-refractivity contribution in [1.29, 1.82) is 0 Å². The van der Waals surface area contributed by atoms with E-state index in [1.807, 2.05) is 6.92 Å². The van der Waals surface area contributed by atoms with Crippen LogP contribution in [-0.2, 0) is 0 Å². The summed E-state index contributed by atoms with van der Waals surface area (Å²) in [6.45, 7) is 4.98. The van der Waals surface area contributed by atoms with Crippen LogP contribution >= 0.6 is 0 Å². The molecule has 0 radical (unpaired) electrons. The van der Waals surface area contributed by atoms with Gasteiger partial charge >= 0.3 is 0 Å². The molecule has 2 nitrogen and oxygen atoms in total. The van der Waals surface area contributed by atoms with Gasteiger partial charge in [0.25, 0.3) is 0 Å². The third-order valence-corrected chi connectivity index (χ3v) is 2.75. The molecule has 0 amide bonds. The maximum atomic E-state index is 3.47. The third kappa shape index (κ3) is 4.13. The van der Waals surface area contributed by atoms with Crippen LogP contribution in [0.25, 0.3) is 0 Å². The van der Waals surface area contributed by atoms with Gasteiger partial charge in [-0.15, -0.1) is 11.8 Å². The number of benzene rings is 1. The first-order chi connectivity index (χ1) is 8.19. The highest BCUT2D eigenvalue weighted by atomic mass is 15.1. The van der Waals surface area contributed by atoms with Gasteiger partial charge in [-0.05, 0) is 31.2 Å². The van der Waals surface area contributed by atoms with E-state index in [9.17, 15) is 0 Å². The molecular formula is C15H22N2. The van der Waals surface area contributed by atoms with Crippen molar-refractivity contribution in [3.05, 3.63) is 29.8 Å². The molecule has 1 aromatic rings. The number of hydrogen-bond donors (Lipinski definition) is 1. The zero-order valence-electron chi connectivity index (χ0n) is 11.2. The van der Waals surface area contributed by atoms with Crippen molar-refractivity contribution < 1.29 is 0 Å². The lowest BCUT2D eigenvalue weighted by Crippen LogP contribution is -2.20. The van der Waals surface area contributed by atoms with Gasteiger partial charge in [0.05, 0.1) is 0 Å². The largest absolute Gasteiger partial charge is 0.378 e. The maximum Gasteiger partial charge on any atom is 0.0430 e. The summed E-state index contributed by atoms with van der Waals surface area (Å²) < 4.78 is 0. The van der Waals surface area contributed by atoms with Crippen molar-refractivity contribution in [1.82, 2.24) is 5.32 Å². The van der Waals surface area contributed by atoms with Crippen molar-refractivity contribution in [2.24, 2.45) is 0 Å². The lowest BCUT2D eigenvalue weighted by atomic mass is 10.0. The Labute approximate surface area is 105 Å². The molecule has 0 bridgehead atoms. The first-order valence-corrected chi connectivity index (χ1v) is 6.09. The molecule has 0 aromatic heterocycles. The van der Waals surface area contributed by atoms with Gasteiger partial charge in [-0.2, -0.15) is 0 Å². The van der Waals surface area contributed by atoms with Crippen LogP contribution in [0.15, 0.2) is 24.3 Å². The van der Waals surface area contributed by atoms with Gasteiger partial charge in [-0.1, -0.05) is 19.1 Å². The molecule has 1 N–H and O–H groups in total. The van der Waals surface area contributed by atoms with Gasteiger partial charge in [-0.25, -0.2) is 0 Å². The standard InChI is InChI=1S/C15H22N2/c1-5-7-8-15(16-6-2)13-9-11-14(12-10-13)17(3)4/h9-12,15-16H,6,8H2,1-4H3. The van der Waals surface area contributed by atoms with Crippen LogP contribution in [-0.4, -0.2) is 20.6 Å². The Morgan fingerprint density at radius 2 is 1.88 bits per heavy atom. The maximum absolute atomic E-state index is 3.47. The normalized spacial score (nSPS) is 11.5. The highest BCUT2D eigenvalue weighted by Crippen LogP contribution is 2.20. The van der Waals surface area contributed by atoms with Gasteiger partial charge < -0.3 is 10.2 Å². The van der Waals surface area contributed by atoms with Crippen molar-refractivity contribution in [3.8, 4) is 11.8 Å². The fourth-order valence-electron chi connectivity index (χ4n) is 1.76. The fraction of sp³-hybridized carbons (Fsp3) is 0.467. The van der Waals surface area contributed by atoms with E-state index in [0.717, 1.165) is 13.0 Å². The Hall–Kier alpha value is -1.46. The van der Waals surface area contributed by atoms with Crippen LogP contribution in [0.5, 0.6) is 0 Å². The molecule has 0 aliphatic carbocycles. The molecule has 1 unspecified atom stereocenters. The molecular weight excluding hydrogens is 208 g/mol. The van der Waals surface area contributed by atoms with Crippen LogP contribution in [0.1, 0.15) is 31.9 Å². The van der Waals surface area contributed by atoms with Crippen LogP contribution in [0.4, 0.5) is 5.69 Å². The van der Waals surface area contributed by atoms with Crippen LogP contribution < -0.4 is 10.2 Å². The van der Waals surface area contributed by atoms with E-state index in [1.165, 1.54) is 11.3 Å². The summed E-state index contributed by atoms with van der Waals surface area (Å²) >= 11 is 0. The third-order valence-electron chi connectivity index (χ3n) is 2.75. The lowest BCUT2D eigenvalue weighted by molar-refractivity contribution is 0.565. The second kappa shape index (κ2) is 6.98. The second-order valence-corrected chi connectivity index (χ2v) is 4.23. The van der Waals surface area contributed by atoms with E-state index in [2.05, 4.69) is 67.3 Å². The fourth-order valence-corrected chi connectivity index (χ4v) is 1.76. The lowest BCUT2D eigenvalue weighted by Gasteiger charge is -2.18. The van der Waals surface area contributed by atoms with Crippen molar-refractivity contribution in [3.63, 3.8) is 0 Å². The number of anilines is 1. The van der Waals surface area contributed by atoms with Gasteiger partial charge in [0, 0.05) is 32.2 Å². The minimum Gasteiger partial charge on any atom is -0.378 e. The molecule has 0 aliphatic rings. The van der Waals surface area contributed by atoms with Gasteiger partial charge in [0.2, 0.25) is 0 Å². The van der Waals surface area contributed by atoms with E-state index >= 15 is 0 Å². The van der Waals surface area contributed by atoms with E-state index < -0.39 is 0 Å². The number of nitrogens with zero attached hydrogens (tertiary/aromatic N) is 1. The molecule has 0 saturated heterocycles. The molecule has 0 fully saturated rings. The quantitative estimate of drug-likeness (QED) is 0.782. The molecule has 92 valence electrons. The number of nitrogens with one attached hydrogen (secondary N) is 1. The predicted octanol–water partition coefficient (Wildman–Crippen LogP) is 2.82.